The van der Waals surface area contributed by atoms with Gasteiger partial charge in [0.05, 0.1) is 5.56 Å². The lowest BCUT2D eigenvalue weighted by Gasteiger charge is -2.26. The lowest BCUT2D eigenvalue weighted by atomic mass is 9.79. The number of carbonyl (C=O) groups excluding carboxylic acids is 1. The number of thiophene rings is 1. The molecule has 0 saturated carbocycles. The SMILES string of the molecule is Cc1ocnc1C(=O)Nc1sc2c(c1C#N)C(C)C(C)CC2. The predicted octanol–water partition coefficient (Wildman–Crippen LogP) is 3.85. The molecule has 2 aromatic heterocycles. The van der Waals surface area contributed by atoms with Gasteiger partial charge in [-0.25, -0.2) is 4.98 Å². The molecule has 0 fully saturated rings. The van der Waals surface area contributed by atoms with E-state index in [0.717, 1.165) is 18.4 Å². The Morgan fingerprint density at radius 3 is 2.95 bits per heavy atom. The number of oxazole rings is 1. The minimum absolute atomic E-state index is 0.261. The minimum atomic E-state index is -0.331. The van der Waals surface area contributed by atoms with Crippen molar-refractivity contribution in [3.8, 4) is 6.07 Å². The molecule has 6 heteroatoms. The molecule has 5 nitrogen and oxygen atoms in total. The summed E-state index contributed by atoms with van der Waals surface area (Å²) in [6.45, 7) is 6.06. The molecule has 0 bridgehead atoms. The van der Waals surface area contributed by atoms with E-state index in [4.69, 9.17) is 4.42 Å². The number of nitrogens with one attached hydrogen (secondary N) is 1. The van der Waals surface area contributed by atoms with Crippen LogP contribution >= 0.6 is 11.3 Å². The number of amides is 1. The zero-order valence-electron chi connectivity index (χ0n) is 12.8. The van der Waals surface area contributed by atoms with Gasteiger partial charge in [0.2, 0.25) is 0 Å². The molecule has 22 heavy (non-hydrogen) atoms. The molecule has 1 N–H and O–H groups in total. The summed E-state index contributed by atoms with van der Waals surface area (Å²) in [5, 5.41) is 13.0. The van der Waals surface area contributed by atoms with Gasteiger partial charge < -0.3 is 9.73 Å². The summed E-state index contributed by atoms with van der Waals surface area (Å²) < 4.78 is 5.06. The van der Waals surface area contributed by atoms with E-state index in [1.807, 2.05) is 0 Å². The van der Waals surface area contributed by atoms with Crippen molar-refractivity contribution in [1.29, 1.82) is 5.26 Å². The van der Waals surface area contributed by atoms with Gasteiger partial charge in [-0.3, -0.25) is 4.79 Å². The van der Waals surface area contributed by atoms with E-state index in [0.29, 0.717) is 28.2 Å². The Morgan fingerprint density at radius 2 is 2.32 bits per heavy atom. The smallest absolute Gasteiger partial charge is 0.278 e. The number of fused-ring (bicyclic) bond motifs is 1. The van der Waals surface area contributed by atoms with Crippen LogP contribution in [0.1, 0.15) is 58.4 Å². The maximum atomic E-state index is 12.3. The van der Waals surface area contributed by atoms with Gasteiger partial charge in [-0.15, -0.1) is 11.3 Å². The predicted molar refractivity (Wildman–Crippen MR) is 84.1 cm³/mol. The number of aryl methyl sites for hydroxylation is 2. The molecular formula is C16H17N3O2S. The molecule has 0 aliphatic heterocycles. The number of carbonyl (C=O) groups is 1. The fraction of sp³-hybridized carbons (Fsp3) is 0.438. The number of aromatic nitrogens is 1. The van der Waals surface area contributed by atoms with Crippen molar-refractivity contribution in [1.82, 2.24) is 4.98 Å². The Morgan fingerprint density at radius 1 is 1.55 bits per heavy atom. The second-order valence-corrected chi connectivity index (χ2v) is 6.88. The highest BCUT2D eigenvalue weighted by Gasteiger charge is 2.30. The van der Waals surface area contributed by atoms with Gasteiger partial charge in [-0.05, 0) is 37.2 Å². The van der Waals surface area contributed by atoms with Gasteiger partial charge in [0.1, 0.15) is 16.8 Å². The summed E-state index contributed by atoms with van der Waals surface area (Å²) in [4.78, 5) is 17.4. The topological polar surface area (TPSA) is 78.9 Å². The average molecular weight is 315 g/mol. The Balaban J connectivity index is 1.96. The van der Waals surface area contributed by atoms with Crippen molar-refractivity contribution < 1.29 is 9.21 Å². The van der Waals surface area contributed by atoms with Crippen LogP contribution < -0.4 is 5.32 Å². The monoisotopic (exact) mass is 315 g/mol. The van der Waals surface area contributed by atoms with E-state index >= 15 is 0 Å². The second kappa shape index (κ2) is 5.58. The van der Waals surface area contributed by atoms with Crippen LogP contribution in [-0.2, 0) is 6.42 Å². The molecule has 0 saturated heterocycles. The normalized spacial score (nSPS) is 20.3. The number of anilines is 1. The summed E-state index contributed by atoms with van der Waals surface area (Å²) in [7, 11) is 0. The Hall–Kier alpha value is -2.13. The summed E-state index contributed by atoms with van der Waals surface area (Å²) >= 11 is 1.51. The van der Waals surface area contributed by atoms with Crippen LogP contribution in [0.2, 0.25) is 0 Å². The first-order chi connectivity index (χ1) is 10.5. The number of hydrogen-bond acceptors (Lipinski definition) is 5. The van der Waals surface area contributed by atoms with Gasteiger partial charge in [0.15, 0.2) is 12.1 Å². The van der Waals surface area contributed by atoms with Crippen LogP contribution in [0.25, 0.3) is 0 Å². The number of hydrogen-bond donors (Lipinski definition) is 1. The lowest BCUT2D eigenvalue weighted by molar-refractivity contribution is 0.102. The Bertz CT molecular complexity index is 769. The van der Waals surface area contributed by atoms with Crippen molar-refractivity contribution in [2.75, 3.05) is 5.32 Å². The highest BCUT2D eigenvalue weighted by molar-refractivity contribution is 7.16. The van der Waals surface area contributed by atoms with Crippen LogP contribution in [0.4, 0.5) is 5.00 Å². The summed E-state index contributed by atoms with van der Waals surface area (Å²) in [5.74, 6) is 1.03. The van der Waals surface area contributed by atoms with Gasteiger partial charge in [-0.2, -0.15) is 5.26 Å². The Kier molecular flexibility index (Phi) is 3.75. The molecule has 1 amide bonds. The van der Waals surface area contributed by atoms with Gasteiger partial charge in [0, 0.05) is 4.88 Å². The largest absolute Gasteiger partial charge is 0.448 e. The second-order valence-electron chi connectivity index (χ2n) is 5.77. The third-order valence-electron chi connectivity index (χ3n) is 4.46. The highest BCUT2D eigenvalue weighted by Crippen LogP contribution is 2.45. The summed E-state index contributed by atoms with van der Waals surface area (Å²) in [6.07, 6.45) is 3.34. The molecule has 2 unspecified atom stereocenters. The molecular weight excluding hydrogens is 298 g/mol. The standard InChI is InChI=1S/C16H17N3O2S/c1-8-4-5-12-13(9(8)2)11(6-17)16(22-12)19-15(20)14-10(3)21-7-18-14/h7-9H,4-5H2,1-3H3,(H,19,20). The van der Waals surface area contributed by atoms with Crippen molar-refractivity contribution in [2.45, 2.75) is 39.5 Å². The van der Waals surface area contributed by atoms with Crippen LogP contribution in [0.5, 0.6) is 0 Å². The molecule has 2 heterocycles. The van der Waals surface area contributed by atoms with Crippen molar-refractivity contribution in [2.24, 2.45) is 5.92 Å². The van der Waals surface area contributed by atoms with Crippen molar-refractivity contribution >= 4 is 22.2 Å². The minimum Gasteiger partial charge on any atom is -0.448 e. The summed E-state index contributed by atoms with van der Waals surface area (Å²) in [6, 6.07) is 2.27. The maximum absolute atomic E-state index is 12.3. The first-order valence-electron chi connectivity index (χ1n) is 7.30. The maximum Gasteiger partial charge on any atom is 0.278 e. The molecule has 1 aliphatic rings. The van der Waals surface area contributed by atoms with Crippen molar-refractivity contribution in [3.05, 3.63) is 33.9 Å². The first kappa shape index (κ1) is 14.8. The van der Waals surface area contributed by atoms with Crippen LogP contribution in [0.3, 0.4) is 0 Å². The van der Waals surface area contributed by atoms with E-state index in [-0.39, 0.29) is 11.6 Å². The van der Waals surface area contributed by atoms with Crippen LogP contribution in [0.15, 0.2) is 10.8 Å². The quantitative estimate of drug-likeness (QED) is 0.912. The van der Waals surface area contributed by atoms with Gasteiger partial charge in [-0.1, -0.05) is 13.8 Å². The molecule has 0 radical (unpaired) electrons. The summed E-state index contributed by atoms with van der Waals surface area (Å²) in [5.41, 5.74) is 1.98. The highest BCUT2D eigenvalue weighted by atomic mass is 32.1. The fourth-order valence-corrected chi connectivity index (χ4v) is 4.20. The molecule has 3 rings (SSSR count). The van der Waals surface area contributed by atoms with Crippen molar-refractivity contribution in [3.63, 3.8) is 0 Å². The van der Waals surface area contributed by atoms with E-state index in [2.05, 4.69) is 30.2 Å². The van der Waals surface area contributed by atoms with E-state index < -0.39 is 0 Å². The Labute approximate surface area is 133 Å². The first-order valence-corrected chi connectivity index (χ1v) is 8.11. The third kappa shape index (κ3) is 2.32. The fourth-order valence-electron chi connectivity index (χ4n) is 2.94. The molecule has 0 aromatic carbocycles. The molecule has 0 spiro atoms. The number of nitriles is 1. The zero-order chi connectivity index (χ0) is 15.9. The molecule has 2 atom stereocenters. The van der Waals surface area contributed by atoms with E-state index in [1.54, 1.807) is 6.92 Å². The number of rotatable bonds is 2. The average Bonchev–Trinajstić information content (AvgIpc) is 3.06. The zero-order valence-corrected chi connectivity index (χ0v) is 13.6. The molecule has 1 aliphatic carbocycles. The van der Waals surface area contributed by atoms with Gasteiger partial charge >= 0.3 is 0 Å². The van der Waals surface area contributed by atoms with E-state index in [1.165, 1.54) is 22.6 Å². The van der Waals surface area contributed by atoms with Gasteiger partial charge in [0.25, 0.3) is 5.91 Å². The third-order valence-corrected chi connectivity index (χ3v) is 5.64. The molecule has 2 aromatic rings. The lowest BCUT2D eigenvalue weighted by Crippen LogP contribution is -2.15. The van der Waals surface area contributed by atoms with Crippen LogP contribution in [-0.4, -0.2) is 10.9 Å². The number of nitrogens with zero attached hydrogens (tertiary/aromatic N) is 2. The van der Waals surface area contributed by atoms with E-state index in [9.17, 15) is 10.1 Å². The molecule has 114 valence electrons. The van der Waals surface area contributed by atoms with Crippen LogP contribution in [0, 0.1) is 24.2 Å².